The number of hydrogen-bond donors (Lipinski definition) is 1. The standard InChI is InChI=1S/C30H37N3O4/c1-36-22-20-33(29(35)31-17-8-21-37-27-12-3-2-4-13-27)30(24-34)15-18-32(19-16-30)23-26-11-7-10-25-9-5-6-14-28(25)26/h2-7,9-14,24H,8,15-23H2,1H3,(H,31,35). The van der Waals surface area contributed by atoms with Crippen LogP contribution in [0.25, 0.3) is 10.8 Å². The Balaban J connectivity index is 1.33. The summed E-state index contributed by atoms with van der Waals surface area (Å²) in [5.74, 6) is 0.811. The van der Waals surface area contributed by atoms with Crippen molar-refractivity contribution in [2.24, 2.45) is 0 Å². The summed E-state index contributed by atoms with van der Waals surface area (Å²) in [6, 6.07) is 24.2. The Hall–Kier alpha value is -3.42. The lowest BCUT2D eigenvalue weighted by atomic mass is 9.86. The highest BCUT2D eigenvalue weighted by molar-refractivity contribution is 5.85. The van der Waals surface area contributed by atoms with Crippen LogP contribution in [0.4, 0.5) is 4.79 Å². The van der Waals surface area contributed by atoms with E-state index < -0.39 is 5.54 Å². The van der Waals surface area contributed by atoms with Crippen molar-refractivity contribution < 1.29 is 19.1 Å². The number of para-hydroxylation sites is 1. The van der Waals surface area contributed by atoms with Gasteiger partial charge in [-0.2, -0.15) is 0 Å². The minimum Gasteiger partial charge on any atom is -0.494 e. The van der Waals surface area contributed by atoms with Crippen molar-refractivity contribution >= 4 is 23.1 Å². The average Bonchev–Trinajstić information content (AvgIpc) is 2.95. The molecule has 2 amide bonds. The number of hydrogen-bond acceptors (Lipinski definition) is 5. The van der Waals surface area contributed by atoms with E-state index in [-0.39, 0.29) is 6.03 Å². The Kier molecular flexibility index (Phi) is 9.52. The maximum Gasteiger partial charge on any atom is 0.318 e. The van der Waals surface area contributed by atoms with Gasteiger partial charge in [0, 0.05) is 39.8 Å². The van der Waals surface area contributed by atoms with Crippen LogP contribution in [0.5, 0.6) is 5.75 Å². The highest BCUT2D eigenvalue weighted by Gasteiger charge is 2.42. The number of fused-ring (bicyclic) bond motifs is 1. The molecule has 0 radical (unpaired) electrons. The summed E-state index contributed by atoms with van der Waals surface area (Å²) in [5.41, 5.74) is 0.446. The molecule has 1 heterocycles. The third kappa shape index (κ3) is 6.87. The number of aldehydes is 1. The van der Waals surface area contributed by atoms with Crippen LogP contribution in [0.3, 0.4) is 0 Å². The number of nitrogens with one attached hydrogen (secondary N) is 1. The molecule has 7 nitrogen and oxygen atoms in total. The summed E-state index contributed by atoms with van der Waals surface area (Å²) < 4.78 is 11.0. The Morgan fingerprint density at radius 3 is 2.49 bits per heavy atom. The second-order valence-corrected chi connectivity index (χ2v) is 9.53. The topological polar surface area (TPSA) is 71.1 Å². The van der Waals surface area contributed by atoms with Crippen LogP contribution in [0.15, 0.2) is 72.8 Å². The monoisotopic (exact) mass is 503 g/mol. The Bertz CT molecular complexity index is 1140. The minimum atomic E-state index is -0.835. The fourth-order valence-electron chi connectivity index (χ4n) is 5.00. The molecule has 4 rings (SSSR count). The molecule has 1 saturated heterocycles. The zero-order valence-corrected chi connectivity index (χ0v) is 21.6. The minimum absolute atomic E-state index is 0.230. The van der Waals surface area contributed by atoms with Gasteiger partial charge in [0.1, 0.15) is 17.6 Å². The number of nitrogens with zero attached hydrogens (tertiary/aromatic N) is 2. The number of amides is 2. The van der Waals surface area contributed by atoms with E-state index in [4.69, 9.17) is 9.47 Å². The normalized spacial score (nSPS) is 15.3. The molecule has 196 valence electrons. The van der Waals surface area contributed by atoms with Crippen molar-refractivity contribution in [2.45, 2.75) is 31.3 Å². The number of ether oxygens (including phenoxy) is 2. The molecule has 0 aromatic heterocycles. The van der Waals surface area contributed by atoms with Crippen LogP contribution in [-0.4, -0.2) is 74.2 Å². The van der Waals surface area contributed by atoms with E-state index in [0.717, 1.165) is 31.7 Å². The van der Waals surface area contributed by atoms with Crippen LogP contribution in [-0.2, 0) is 16.1 Å². The summed E-state index contributed by atoms with van der Waals surface area (Å²) in [6.07, 6.45) is 2.83. The molecule has 3 aromatic carbocycles. The van der Waals surface area contributed by atoms with E-state index in [2.05, 4.69) is 52.7 Å². The van der Waals surface area contributed by atoms with Crippen LogP contribution in [0, 0.1) is 0 Å². The van der Waals surface area contributed by atoms with Crippen molar-refractivity contribution in [3.05, 3.63) is 78.4 Å². The van der Waals surface area contributed by atoms with Gasteiger partial charge in [0.25, 0.3) is 0 Å². The number of urea groups is 1. The first-order valence-corrected chi connectivity index (χ1v) is 13.0. The van der Waals surface area contributed by atoms with Crippen LogP contribution in [0.1, 0.15) is 24.8 Å². The van der Waals surface area contributed by atoms with Crippen molar-refractivity contribution in [3.8, 4) is 5.75 Å². The summed E-state index contributed by atoms with van der Waals surface area (Å²) in [5, 5.41) is 5.48. The molecule has 0 unspecified atom stereocenters. The predicted octanol–water partition coefficient (Wildman–Crippen LogP) is 4.50. The van der Waals surface area contributed by atoms with Crippen molar-refractivity contribution in [1.29, 1.82) is 0 Å². The number of methoxy groups -OCH3 is 1. The highest BCUT2D eigenvalue weighted by Crippen LogP contribution is 2.29. The van der Waals surface area contributed by atoms with Crippen molar-refractivity contribution in [3.63, 3.8) is 0 Å². The van der Waals surface area contributed by atoms with Gasteiger partial charge in [-0.1, -0.05) is 60.7 Å². The maximum atomic E-state index is 13.2. The molecular formula is C30H37N3O4. The molecule has 37 heavy (non-hydrogen) atoms. The van der Waals surface area contributed by atoms with Gasteiger partial charge in [0.2, 0.25) is 0 Å². The molecule has 0 aliphatic carbocycles. The third-order valence-corrected chi connectivity index (χ3v) is 7.13. The van der Waals surface area contributed by atoms with E-state index in [9.17, 15) is 9.59 Å². The Morgan fingerprint density at radius 1 is 1.00 bits per heavy atom. The number of carbonyl (C=O) groups is 2. The summed E-state index contributed by atoms with van der Waals surface area (Å²) in [7, 11) is 1.61. The van der Waals surface area contributed by atoms with Gasteiger partial charge in [-0.15, -0.1) is 0 Å². The zero-order valence-electron chi connectivity index (χ0n) is 21.6. The first-order valence-electron chi connectivity index (χ1n) is 13.0. The molecule has 1 N–H and O–H groups in total. The maximum absolute atomic E-state index is 13.2. The van der Waals surface area contributed by atoms with E-state index in [1.54, 1.807) is 12.0 Å². The summed E-state index contributed by atoms with van der Waals surface area (Å²) >= 11 is 0. The van der Waals surface area contributed by atoms with E-state index in [1.165, 1.54) is 16.3 Å². The van der Waals surface area contributed by atoms with Gasteiger partial charge >= 0.3 is 6.03 Å². The van der Waals surface area contributed by atoms with Crippen molar-refractivity contribution in [2.75, 3.05) is 46.5 Å². The second-order valence-electron chi connectivity index (χ2n) is 9.53. The lowest BCUT2D eigenvalue weighted by molar-refractivity contribution is -0.120. The number of benzene rings is 3. The first-order chi connectivity index (χ1) is 18.1. The first kappa shape index (κ1) is 26.6. The highest BCUT2D eigenvalue weighted by atomic mass is 16.5. The number of likely N-dealkylation sites (tertiary alicyclic amines) is 1. The molecule has 7 heteroatoms. The molecule has 3 aromatic rings. The fraction of sp³-hybridized carbons (Fsp3) is 0.400. The smallest absolute Gasteiger partial charge is 0.318 e. The Morgan fingerprint density at radius 2 is 1.73 bits per heavy atom. The lowest BCUT2D eigenvalue weighted by Gasteiger charge is -2.45. The fourth-order valence-corrected chi connectivity index (χ4v) is 5.00. The molecule has 0 bridgehead atoms. The SMILES string of the molecule is COCCN(C(=O)NCCCOc1ccccc1)C1(C=O)CCN(Cc2cccc3ccccc23)CC1. The molecule has 1 aliphatic rings. The molecular weight excluding hydrogens is 466 g/mol. The van der Waals surface area contributed by atoms with Gasteiger partial charge in [-0.05, 0) is 47.7 Å². The lowest BCUT2D eigenvalue weighted by Crippen LogP contribution is -2.61. The van der Waals surface area contributed by atoms with E-state index in [1.807, 2.05) is 30.3 Å². The number of piperidine rings is 1. The predicted molar refractivity (Wildman–Crippen MR) is 146 cm³/mol. The van der Waals surface area contributed by atoms with Crippen LogP contribution >= 0.6 is 0 Å². The molecule has 1 aliphatic heterocycles. The third-order valence-electron chi connectivity index (χ3n) is 7.13. The molecule has 0 saturated carbocycles. The molecule has 0 spiro atoms. The van der Waals surface area contributed by atoms with Gasteiger partial charge in [-0.25, -0.2) is 4.79 Å². The van der Waals surface area contributed by atoms with Crippen LogP contribution < -0.4 is 10.1 Å². The van der Waals surface area contributed by atoms with Crippen LogP contribution in [0.2, 0.25) is 0 Å². The zero-order chi connectivity index (χ0) is 25.9. The van der Waals surface area contributed by atoms with E-state index >= 15 is 0 Å². The van der Waals surface area contributed by atoms with Gasteiger partial charge in [0.15, 0.2) is 0 Å². The van der Waals surface area contributed by atoms with E-state index in [0.29, 0.717) is 45.6 Å². The Labute approximate surface area is 219 Å². The van der Waals surface area contributed by atoms with Crippen molar-refractivity contribution in [1.82, 2.24) is 15.1 Å². The average molecular weight is 504 g/mol. The number of rotatable bonds is 12. The van der Waals surface area contributed by atoms with Gasteiger partial charge in [0.05, 0.1) is 13.2 Å². The molecule has 0 atom stereocenters. The quantitative estimate of drug-likeness (QED) is 0.291. The largest absolute Gasteiger partial charge is 0.494 e. The van der Waals surface area contributed by atoms with Gasteiger partial charge in [-0.3, -0.25) is 4.90 Å². The summed E-state index contributed by atoms with van der Waals surface area (Å²) in [6.45, 7) is 4.02. The summed E-state index contributed by atoms with van der Waals surface area (Å²) in [4.78, 5) is 29.7. The van der Waals surface area contributed by atoms with Gasteiger partial charge < -0.3 is 24.5 Å². The molecule has 1 fully saturated rings. The second kappa shape index (κ2) is 13.2. The number of carbonyl (C=O) groups excluding carboxylic acids is 2.